The van der Waals surface area contributed by atoms with Crippen LogP contribution in [0.3, 0.4) is 0 Å². The first-order valence-electron chi connectivity index (χ1n) is 9.63. The Labute approximate surface area is 138 Å². The zero-order valence-electron chi connectivity index (χ0n) is 15.0. The minimum Gasteiger partial charge on any atom is -0.317 e. The molecule has 2 N–H and O–H groups in total. The summed E-state index contributed by atoms with van der Waals surface area (Å²) in [6.45, 7) is 9.14. The van der Waals surface area contributed by atoms with E-state index in [2.05, 4.69) is 42.7 Å². The Morgan fingerprint density at radius 2 is 1.95 bits per heavy atom. The van der Waals surface area contributed by atoms with E-state index < -0.39 is 0 Å². The lowest BCUT2D eigenvalue weighted by Gasteiger charge is -2.22. The molecule has 128 valence electrons. The second-order valence-electron chi connectivity index (χ2n) is 6.52. The fourth-order valence-corrected chi connectivity index (χ4v) is 3.20. The van der Waals surface area contributed by atoms with E-state index in [0.29, 0.717) is 0 Å². The number of hydrogen-bond acceptors (Lipinski definition) is 2. The number of piperidine rings is 1. The molecule has 2 nitrogen and oxygen atoms in total. The highest BCUT2D eigenvalue weighted by Crippen LogP contribution is 2.19. The summed E-state index contributed by atoms with van der Waals surface area (Å²) in [5.74, 6) is 0.978. The summed E-state index contributed by atoms with van der Waals surface area (Å²) in [6.07, 6.45) is 19.0. The average molecular weight is 307 g/mol. The van der Waals surface area contributed by atoms with Crippen LogP contribution in [0, 0.1) is 5.92 Å². The van der Waals surface area contributed by atoms with E-state index in [-0.39, 0.29) is 0 Å². The minimum absolute atomic E-state index is 0.978. The third kappa shape index (κ3) is 10.2. The SMILES string of the molecule is CC/C=C(\C=C/CCCC1CCNCC1)CCCCNCC. The van der Waals surface area contributed by atoms with Crippen LogP contribution in [-0.4, -0.2) is 26.2 Å². The Kier molecular flexibility index (Phi) is 12.4. The van der Waals surface area contributed by atoms with E-state index >= 15 is 0 Å². The molecule has 1 rings (SSSR count). The van der Waals surface area contributed by atoms with E-state index in [9.17, 15) is 0 Å². The molecule has 0 radical (unpaired) electrons. The topological polar surface area (TPSA) is 24.1 Å². The standard InChI is InChI=1S/C20H38N2/c1-3-10-19(13-8-9-16-21-4-2)11-6-5-7-12-20-14-17-22-18-15-20/h6,10-11,20-22H,3-5,7-9,12-18H2,1-2H3/b11-6-,19-10+. The van der Waals surface area contributed by atoms with Crippen molar-refractivity contribution in [2.45, 2.75) is 71.6 Å². The summed E-state index contributed by atoms with van der Waals surface area (Å²) in [6, 6.07) is 0. The second-order valence-corrected chi connectivity index (χ2v) is 6.52. The number of nitrogens with one attached hydrogen (secondary N) is 2. The molecule has 1 fully saturated rings. The molecule has 1 saturated heterocycles. The third-order valence-corrected chi connectivity index (χ3v) is 4.56. The smallest absolute Gasteiger partial charge is 0.00463 e. The summed E-state index contributed by atoms with van der Waals surface area (Å²) < 4.78 is 0. The van der Waals surface area contributed by atoms with Crippen molar-refractivity contribution in [3.8, 4) is 0 Å². The van der Waals surface area contributed by atoms with Crippen molar-refractivity contribution in [1.29, 1.82) is 0 Å². The summed E-state index contributed by atoms with van der Waals surface area (Å²) in [7, 11) is 0. The monoisotopic (exact) mass is 306 g/mol. The number of unbranched alkanes of at least 4 members (excludes halogenated alkanes) is 2. The maximum Gasteiger partial charge on any atom is -0.00463 e. The van der Waals surface area contributed by atoms with Gasteiger partial charge in [-0.3, -0.25) is 0 Å². The largest absolute Gasteiger partial charge is 0.317 e. The van der Waals surface area contributed by atoms with Crippen LogP contribution in [0.25, 0.3) is 0 Å². The van der Waals surface area contributed by atoms with Gasteiger partial charge in [-0.15, -0.1) is 0 Å². The molecule has 0 aliphatic carbocycles. The van der Waals surface area contributed by atoms with E-state index in [4.69, 9.17) is 0 Å². The first kappa shape index (κ1) is 19.4. The van der Waals surface area contributed by atoms with Crippen LogP contribution in [0.15, 0.2) is 23.8 Å². The Morgan fingerprint density at radius 1 is 1.14 bits per heavy atom. The van der Waals surface area contributed by atoms with Crippen molar-refractivity contribution < 1.29 is 0 Å². The zero-order valence-corrected chi connectivity index (χ0v) is 15.0. The van der Waals surface area contributed by atoms with Crippen LogP contribution in [0.2, 0.25) is 0 Å². The molecule has 0 aromatic rings. The average Bonchev–Trinajstić information content (AvgIpc) is 2.55. The first-order valence-corrected chi connectivity index (χ1v) is 9.63. The highest BCUT2D eigenvalue weighted by atomic mass is 14.9. The van der Waals surface area contributed by atoms with Crippen molar-refractivity contribution in [2.24, 2.45) is 5.92 Å². The maximum atomic E-state index is 3.45. The van der Waals surface area contributed by atoms with Gasteiger partial charge in [-0.1, -0.05) is 44.1 Å². The van der Waals surface area contributed by atoms with Gasteiger partial charge in [-0.05, 0) is 83.5 Å². The lowest BCUT2D eigenvalue weighted by Crippen LogP contribution is -2.27. The van der Waals surface area contributed by atoms with Crippen LogP contribution >= 0.6 is 0 Å². The lowest BCUT2D eigenvalue weighted by atomic mass is 9.92. The van der Waals surface area contributed by atoms with Gasteiger partial charge in [0.05, 0.1) is 0 Å². The minimum atomic E-state index is 0.978. The van der Waals surface area contributed by atoms with Gasteiger partial charge in [-0.2, -0.15) is 0 Å². The van der Waals surface area contributed by atoms with E-state index in [1.54, 1.807) is 5.57 Å². The summed E-state index contributed by atoms with van der Waals surface area (Å²) >= 11 is 0. The molecular weight excluding hydrogens is 268 g/mol. The van der Waals surface area contributed by atoms with Gasteiger partial charge >= 0.3 is 0 Å². The van der Waals surface area contributed by atoms with E-state index in [1.165, 1.54) is 64.5 Å². The highest BCUT2D eigenvalue weighted by Gasteiger charge is 2.11. The molecule has 1 heterocycles. The van der Waals surface area contributed by atoms with Crippen LogP contribution in [-0.2, 0) is 0 Å². The summed E-state index contributed by atoms with van der Waals surface area (Å²) in [5, 5.41) is 6.85. The van der Waals surface area contributed by atoms with Crippen molar-refractivity contribution >= 4 is 0 Å². The Bertz CT molecular complexity index is 301. The van der Waals surface area contributed by atoms with Crippen LogP contribution < -0.4 is 10.6 Å². The van der Waals surface area contributed by atoms with Gasteiger partial charge in [0.2, 0.25) is 0 Å². The normalized spacial score (nSPS) is 17.5. The number of rotatable bonds is 12. The van der Waals surface area contributed by atoms with Crippen molar-refractivity contribution in [2.75, 3.05) is 26.2 Å². The highest BCUT2D eigenvalue weighted by molar-refractivity contribution is 5.18. The molecule has 0 amide bonds. The Balaban J connectivity index is 2.11. The molecule has 0 saturated carbocycles. The first-order chi connectivity index (χ1) is 10.9. The van der Waals surface area contributed by atoms with Gasteiger partial charge in [0.1, 0.15) is 0 Å². The fraction of sp³-hybridized carbons (Fsp3) is 0.800. The summed E-state index contributed by atoms with van der Waals surface area (Å²) in [5.41, 5.74) is 1.54. The molecule has 0 aromatic heterocycles. The number of allylic oxidation sites excluding steroid dienone is 4. The van der Waals surface area contributed by atoms with Gasteiger partial charge < -0.3 is 10.6 Å². The molecule has 0 aromatic carbocycles. The molecule has 2 heteroatoms. The maximum absolute atomic E-state index is 3.45. The third-order valence-electron chi connectivity index (χ3n) is 4.56. The zero-order chi connectivity index (χ0) is 15.9. The van der Waals surface area contributed by atoms with Crippen LogP contribution in [0.5, 0.6) is 0 Å². The van der Waals surface area contributed by atoms with E-state index in [1.807, 2.05) is 0 Å². The van der Waals surface area contributed by atoms with Crippen molar-refractivity contribution in [1.82, 2.24) is 10.6 Å². The molecule has 0 bridgehead atoms. The molecule has 22 heavy (non-hydrogen) atoms. The van der Waals surface area contributed by atoms with Crippen LogP contribution in [0.4, 0.5) is 0 Å². The second kappa shape index (κ2) is 14.0. The molecule has 1 aliphatic rings. The molecule has 1 aliphatic heterocycles. The van der Waals surface area contributed by atoms with Gasteiger partial charge in [0.25, 0.3) is 0 Å². The lowest BCUT2D eigenvalue weighted by molar-refractivity contribution is 0.348. The van der Waals surface area contributed by atoms with Gasteiger partial charge in [0, 0.05) is 0 Å². The van der Waals surface area contributed by atoms with Crippen molar-refractivity contribution in [3.63, 3.8) is 0 Å². The van der Waals surface area contributed by atoms with Crippen LogP contribution in [0.1, 0.15) is 71.6 Å². The Morgan fingerprint density at radius 3 is 2.68 bits per heavy atom. The predicted molar refractivity (Wildman–Crippen MR) is 99.4 cm³/mol. The molecule has 0 atom stereocenters. The number of hydrogen-bond donors (Lipinski definition) is 2. The summed E-state index contributed by atoms with van der Waals surface area (Å²) in [4.78, 5) is 0. The fourth-order valence-electron chi connectivity index (χ4n) is 3.20. The Hall–Kier alpha value is -0.600. The molecular formula is C20H38N2. The molecule has 0 spiro atoms. The quantitative estimate of drug-likeness (QED) is 0.399. The van der Waals surface area contributed by atoms with Gasteiger partial charge in [0.15, 0.2) is 0 Å². The molecule has 0 unspecified atom stereocenters. The van der Waals surface area contributed by atoms with E-state index in [0.717, 1.165) is 25.4 Å². The predicted octanol–water partition coefficient (Wildman–Crippen LogP) is 4.83. The van der Waals surface area contributed by atoms with Crippen molar-refractivity contribution in [3.05, 3.63) is 23.8 Å². The van der Waals surface area contributed by atoms with Gasteiger partial charge in [-0.25, -0.2) is 0 Å².